The quantitative estimate of drug-likeness (QED) is 0.671. The van der Waals surface area contributed by atoms with Gasteiger partial charge in [0.25, 0.3) is 0 Å². The molecule has 15 heavy (non-hydrogen) atoms. The molecule has 1 rings (SSSR count). The molecule has 0 amide bonds. The first-order valence-electron chi connectivity index (χ1n) is 6.15. The fraction of sp³-hybridized carbons (Fsp3) is 1.00. The molecule has 0 spiro atoms. The van der Waals surface area contributed by atoms with Gasteiger partial charge in [-0.05, 0) is 39.2 Å². The Morgan fingerprint density at radius 2 is 2.07 bits per heavy atom. The Bertz CT molecular complexity index is 155. The number of hydrogen-bond acceptors (Lipinski definition) is 3. The van der Waals surface area contributed by atoms with Gasteiger partial charge in [0.2, 0.25) is 0 Å². The number of ether oxygens (including phenoxy) is 2. The van der Waals surface area contributed by atoms with Gasteiger partial charge in [0.1, 0.15) is 0 Å². The van der Waals surface area contributed by atoms with Crippen LogP contribution in [0.5, 0.6) is 0 Å². The van der Waals surface area contributed by atoms with Crippen LogP contribution in [0.25, 0.3) is 0 Å². The maximum absolute atomic E-state index is 5.69. The predicted molar refractivity (Wildman–Crippen MR) is 62.2 cm³/mol. The third kappa shape index (κ3) is 3.16. The van der Waals surface area contributed by atoms with E-state index >= 15 is 0 Å². The fourth-order valence-electron chi connectivity index (χ4n) is 2.17. The lowest BCUT2D eigenvalue weighted by Gasteiger charge is -2.46. The maximum Gasteiger partial charge on any atom is 0.0853 e. The molecule has 0 heterocycles. The molecule has 0 saturated heterocycles. The molecule has 1 unspecified atom stereocenters. The van der Waals surface area contributed by atoms with Crippen LogP contribution in [-0.4, -0.2) is 38.5 Å². The van der Waals surface area contributed by atoms with Gasteiger partial charge in [-0.15, -0.1) is 0 Å². The lowest BCUT2D eigenvalue weighted by molar-refractivity contribution is -0.113. The second-order valence-corrected chi connectivity index (χ2v) is 4.29. The highest BCUT2D eigenvalue weighted by molar-refractivity contribution is 4.99. The molecule has 3 heteroatoms. The molecule has 0 bridgehead atoms. The molecule has 0 aromatic carbocycles. The smallest absolute Gasteiger partial charge is 0.0853 e. The number of hydrogen-bond donors (Lipinski definition) is 1. The van der Waals surface area contributed by atoms with Crippen molar-refractivity contribution in [2.45, 2.75) is 51.2 Å². The normalized spacial score (nSPS) is 21.0. The SMILES string of the molecule is CCCNC(COCC)C1(OC)CCC1. The molecule has 90 valence electrons. The van der Waals surface area contributed by atoms with E-state index in [-0.39, 0.29) is 5.60 Å². The average molecular weight is 215 g/mol. The topological polar surface area (TPSA) is 30.5 Å². The molecule has 1 N–H and O–H groups in total. The summed E-state index contributed by atoms with van der Waals surface area (Å²) in [5.74, 6) is 0. The van der Waals surface area contributed by atoms with E-state index in [4.69, 9.17) is 9.47 Å². The van der Waals surface area contributed by atoms with Gasteiger partial charge >= 0.3 is 0 Å². The summed E-state index contributed by atoms with van der Waals surface area (Å²) >= 11 is 0. The highest BCUT2D eigenvalue weighted by Gasteiger charge is 2.44. The standard InChI is InChI=1S/C12H25NO2/c1-4-9-13-11(10-15-5-2)12(14-3)7-6-8-12/h11,13H,4-10H2,1-3H3. The van der Waals surface area contributed by atoms with E-state index in [1.807, 2.05) is 14.0 Å². The van der Waals surface area contributed by atoms with E-state index < -0.39 is 0 Å². The van der Waals surface area contributed by atoms with Crippen LogP contribution in [0.15, 0.2) is 0 Å². The molecule has 1 atom stereocenters. The van der Waals surface area contributed by atoms with Crippen molar-refractivity contribution in [3.8, 4) is 0 Å². The van der Waals surface area contributed by atoms with Gasteiger partial charge in [0, 0.05) is 13.7 Å². The Hall–Kier alpha value is -0.120. The van der Waals surface area contributed by atoms with Crippen molar-refractivity contribution in [2.24, 2.45) is 0 Å². The van der Waals surface area contributed by atoms with Crippen LogP contribution in [0.2, 0.25) is 0 Å². The lowest BCUT2D eigenvalue weighted by Crippen LogP contribution is -2.58. The van der Waals surface area contributed by atoms with Crippen LogP contribution in [0.1, 0.15) is 39.5 Å². The van der Waals surface area contributed by atoms with E-state index in [2.05, 4.69) is 12.2 Å². The Morgan fingerprint density at radius 1 is 1.33 bits per heavy atom. The first-order valence-corrected chi connectivity index (χ1v) is 6.15. The van der Waals surface area contributed by atoms with E-state index in [9.17, 15) is 0 Å². The molecule has 0 aromatic heterocycles. The number of rotatable bonds is 8. The highest BCUT2D eigenvalue weighted by atomic mass is 16.5. The second-order valence-electron chi connectivity index (χ2n) is 4.29. The highest BCUT2D eigenvalue weighted by Crippen LogP contribution is 2.38. The Morgan fingerprint density at radius 3 is 2.47 bits per heavy atom. The Labute approximate surface area is 93.5 Å². The molecule has 1 saturated carbocycles. The van der Waals surface area contributed by atoms with Gasteiger partial charge in [0.15, 0.2) is 0 Å². The maximum atomic E-state index is 5.69. The van der Waals surface area contributed by atoms with E-state index in [0.29, 0.717) is 6.04 Å². The van der Waals surface area contributed by atoms with Crippen molar-refractivity contribution in [2.75, 3.05) is 26.9 Å². The fourth-order valence-corrected chi connectivity index (χ4v) is 2.17. The van der Waals surface area contributed by atoms with Gasteiger partial charge in [0.05, 0.1) is 18.2 Å². The summed E-state index contributed by atoms with van der Waals surface area (Å²) < 4.78 is 11.2. The van der Waals surface area contributed by atoms with Crippen LogP contribution in [0, 0.1) is 0 Å². The van der Waals surface area contributed by atoms with Gasteiger partial charge in [-0.2, -0.15) is 0 Å². The zero-order valence-electron chi connectivity index (χ0n) is 10.3. The Balaban J connectivity index is 2.45. The lowest BCUT2D eigenvalue weighted by atomic mass is 9.74. The van der Waals surface area contributed by atoms with Gasteiger partial charge < -0.3 is 14.8 Å². The number of methoxy groups -OCH3 is 1. The minimum Gasteiger partial charge on any atom is -0.380 e. The van der Waals surface area contributed by atoms with Crippen LogP contribution in [0.4, 0.5) is 0 Å². The largest absolute Gasteiger partial charge is 0.380 e. The summed E-state index contributed by atoms with van der Waals surface area (Å²) in [6.07, 6.45) is 4.77. The van der Waals surface area contributed by atoms with Crippen molar-refractivity contribution in [3.05, 3.63) is 0 Å². The number of nitrogens with one attached hydrogen (secondary N) is 1. The molecule has 1 fully saturated rings. The summed E-state index contributed by atoms with van der Waals surface area (Å²) in [5.41, 5.74) is 0.0460. The molecule has 0 aromatic rings. The Kier molecular flexibility index (Phi) is 5.58. The minimum atomic E-state index is 0.0460. The van der Waals surface area contributed by atoms with Crippen LogP contribution in [0.3, 0.4) is 0 Å². The van der Waals surface area contributed by atoms with Crippen molar-refractivity contribution in [1.82, 2.24) is 5.32 Å². The average Bonchev–Trinajstić information content (AvgIpc) is 2.20. The van der Waals surface area contributed by atoms with Crippen molar-refractivity contribution < 1.29 is 9.47 Å². The summed E-state index contributed by atoms with van der Waals surface area (Å²) in [4.78, 5) is 0. The third-order valence-electron chi connectivity index (χ3n) is 3.37. The summed E-state index contributed by atoms with van der Waals surface area (Å²) in [6, 6.07) is 0.358. The van der Waals surface area contributed by atoms with E-state index in [1.54, 1.807) is 0 Å². The molecular formula is C12H25NO2. The van der Waals surface area contributed by atoms with Crippen molar-refractivity contribution in [1.29, 1.82) is 0 Å². The van der Waals surface area contributed by atoms with E-state index in [0.717, 1.165) is 39.0 Å². The summed E-state index contributed by atoms with van der Waals surface area (Å²) in [6.45, 7) is 6.82. The molecule has 3 nitrogen and oxygen atoms in total. The van der Waals surface area contributed by atoms with Gasteiger partial charge in [-0.25, -0.2) is 0 Å². The van der Waals surface area contributed by atoms with Crippen LogP contribution < -0.4 is 5.32 Å². The van der Waals surface area contributed by atoms with Crippen LogP contribution >= 0.6 is 0 Å². The van der Waals surface area contributed by atoms with Gasteiger partial charge in [-0.1, -0.05) is 6.92 Å². The molecule has 0 aliphatic heterocycles. The molecule has 1 aliphatic rings. The van der Waals surface area contributed by atoms with Crippen LogP contribution in [-0.2, 0) is 9.47 Å². The monoisotopic (exact) mass is 215 g/mol. The second kappa shape index (κ2) is 6.46. The first kappa shape index (κ1) is 12.9. The zero-order chi connectivity index (χ0) is 11.1. The molecular weight excluding hydrogens is 190 g/mol. The van der Waals surface area contributed by atoms with E-state index in [1.165, 1.54) is 6.42 Å². The van der Waals surface area contributed by atoms with Crippen molar-refractivity contribution in [3.63, 3.8) is 0 Å². The summed E-state index contributed by atoms with van der Waals surface area (Å²) in [7, 11) is 1.83. The van der Waals surface area contributed by atoms with Gasteiger partial charge in [-0.3, -0.25) is 0 Å². The molecule has 1 aliphatic carbocycles. The predicted octanol–water partition coefficient (Wildman–Crippen LogP) is 1.96. The summed E-state index contributed by atoms with van der Waals surface area (Å²) in [5, 5.41) is 3.55. The first-order chi connectivity index (χ1) is 7.29. The molecule has 0 radical (unpaired) electrons. The minimum absolute atomic E-state index is 0.0460. The van der Waals surface area contributed by atoms with Crippen molar-refractivity contribution >= 4 is 0 Å². The third-order valence-corrected chi connectivity index (χ3v) is 3.37. The zero-order valence-corrected chi connectivity index (χ0v) is 10.3.